The molecule has 0 aromatic carbocycles. The average Bonchev–Trinajstić information content (AvgIpc) is 2.65. The van der Waals surface area contributed by atoms with E-state index >= 15 is 0 Å². The third-order valence-corrected chi connectivity index (χ3v) is 3.42. The molecule has 1 aromatic rings. The van der Waals surface area contributed by atoms with E-state index in [0.717, 1.165) is 24.7 Å². The molecule has 3 nitrogen and oxygen atoms in total. The lowest BCUT2D eigenvalue weighted by Crippen LogP contribution is -2.40. The minimum absolute atomic E-state index is 0.544. The van der Waals surface area contributed by atoms with Gasteiger partial charge in [-0.2, -0.15) is 5.10 Å². The number of aromatic nitrogens is 2. The first-order chi connectivity index (χ1) is 7.29. The summed E-state index contributed by atoms with van der Waals surface area (Å²) in [6, 6.07) is 2.63. The zero-order chi connectivity index (χ0) is 10.7. The zero-order valence-corrected chi connectivity index (χ0v) is 9.95. The topological polar surface area (TPSA) is 21.1 Å². The van der Waals surface area contributed by atoms with Gasteiger partial charge < -0.3 is 0 Å². The normalized spacial score (nSPS) is 23.2. The first-order valence-corrected chi connectivity index (χ1v) is 6.11. The number of hydrogen-bond donors (Lipinski definition) is 0. The first-order valence-electron chi connectivity index (χ1n) is 5.58. The third-order valence-electron chi connectivity index (χ3n) is 3.06. The Bertz CT molecular complexity index is 311. The van der Waals surface area contributed by atoms with Crippen molar-refractivity contribution in [1.29, 1.82) is 0 Å². The Labute approximate surface area is 96.0 Å². The molecule has 2 rings (SSSR count). The van der Waals surface area contributed by atoms with Crippen LogP contribution in [0.25, 0.3) is 0 Å². The molecule has 0 spiro atoms. The van der Waals surface area contributed by atoms with E-state index in [0.29, 0.717) is 6.04 Å². The summed E-state index contributed by atoms with van der Waals surface area (Å²) in [6.07, 6.45) is 5.83. The Kier molecular flexibility index (Phi) is 3.65. The molecule has 0 amide bonds. The summed E-state index contributed by atoms with van der Waals surface area (Å²) in [5.41, 5.74) is 1.15. The quantitative estimate of drug-likeness (QED) is 0.737. The summed E-state index contributed by atoms with van der Waals surface area (Å²) >= 11 is 5.98. The molecule has 15 heavy (non-hydrogen) atoms. The molecule has 0 N–H and O–H groups in total. The third kappa shape index (κ3) is 2.73. The van der Waals surface area contributed by atoms with Gasteiger partial charge in [0.25, 0.3) is 0 Å². The van der Waals surface area contributed by atoms with Crippen LogP contribution in [0.15, 0.2) is 12.3 Å². The molecule has 1 aromatic heterocycles. The van der Waals surface area contributed by atoms with Crippen LogP contribution in [0.1, 0.15) is 25.0 Å². The van der Waals surface area contributed by atoms with Gasteiger partial charge in [-0.15, -0.1) is 11.6 Å². The van der Waals surface area contributed by atoms with Gasteiger partial charge in [-0.05, 0) is 25.5 Å². The van der Waals surface area contributed by atoms with Crippen LogP contribution in [-0.2, 0) is 13.6 Å². The summed E-state index contributed by atoms with van der Waals surface area (Å²) in [5.74, 6) is 0.743. The van der Waals surface area contributed by atoms with Crippen LogP contribution in [0.3, 0.4) is 0 Å². The molecule has 0 aliphatic carbocycles. The summed E-state index contributed by atoms with van der Waals surface area (Å²) in [7, 11) is 1.96. The van der Waals surface area contributed by atoms with Crippen LogP contribution in [0, 0.1) is 0 Å². The van der Waals surface area contributed by atoms with E-state index in [-0.39, 0.29) is 0 Å². The van der Waals surface area contributed by atoms with E-state index in [1.165, 1.54) is 19.3 Å². The van der Waals surface area contributed by atoms with Crippen molar-refractivity contribution in [2.24, 2.45) is 7.05 Å². The number of nitrogens with zero attached hydrogens (tertiary/aromatic N) is 3. The van der Waals surface area contributed by atoms with Crippen LogP contribution < -0.4 is 0 Å². The van der Waals surface area contributed by atoms with Gasteiger partial charge in [0.2, 0.25) is 0 Å². The number of aryl methyl sites for hydroxylation is 1. The fourth-order valence-electron chi connectivity index (χ4n) is 2.20. The summed E-state index contributed by atoms with van der Waals surface area (Å²) in [6.45, 7) is 2.10. The van der Waals surface area contributed by atoms with Gasteiger partial charge in [0.15, 0.2) is 0 Å². The molecule has 1 aliphatic rings. The lowest BCUT2D eigenvalue weighted by Gasteiger charge is -2.33. The highest BCUT2D eigenvalue weighted by Crippen LogP contribution is 2.19. The lowest BCUT2D eigenvalue weighted by atomic mass is 10.0. The van der Waals surface area contributed by atoms with E-state index in [2.05, 4.69) is 16.1 Å². The molecule has 1 fully saturated rings. The molecule has 0 bridgehead atoms. The SMILES string of the molecule is Cn1ccc(CN2CCCCC2CCl)n1. The number of alkyl halides is 1. The Morgan fingerprint density at radius 2 is 2.40 bits per heavy atom. The Morgan fingerprint density at radius 3 is 3.07 bits per heavy atom. The highest BCUT2D eigenvalue weighted by molar-refractivity contribution is 6.18. The maximum atomic E-state index is 5.98. The molecule has 0 radical (unpaired) electrons. The van der Waals surface area contributed by atoms with Crippen LogP contribution >= 0.6 is 11.6 Å². The molecule has 1 unspecified atom stereocenters. The molecule has 1 saturated heterocycles. The fraction of sp³-hybridized carbons (Fsp3) is 0.727. The molecular formula is C11H18ClN3. The van der Waals surface area contributed by atoms with Gasteiger partial charge in [0.05, 0.1) is 5.69 Å². The smallest absolute Gasteiger partial charge is 0.0764 e. The van der Waals surface area contributed by atoms with Crippen molar-refractivity contribution in [2.45, 2.75) is 31.8 Å². The van der Waals surface area contributed by atoms with Crippen LogP contribution in [0.4, 0.5) is 0 Å². The molecule has 1 aliphatic heterocycles. The zero-order valence-electron chi connectivity index (χ0n) is 9.19. The number of rotatable bonds is 3. The van der Waals surface area contributed by atoms with Gasteiger partial charge in [-0.3, -0.25) is 9.58 Å². The summed E-state index contributed by atoms with van der Waals surface area (Å²) in [4.78, 5) is 2.46. The second-order valence-corrected chi connectivity index (χ2v) is 4.56. The second kappa shape index (κ2) is 4.99. The predicted molar refractivity (Wildman–Crippen MR) is 62.0 cm³/mol. The minimum Gasteiger partial charge on any atom is -0.293 e. The number of piperidine rings is 1. The molecule has 1 atom stereocenters. The van der Waals surface area contributed by atoms with E-state index in [1.54, 1.807) is 0 Å². The Balaban J connectivity index is 1.97. The number of hydrogen-bond acceptors (Lipinski definition) is 2. The second-order valence-electron chi connectivity index (χ2n) is 4.26. The van der Waals surface area contributed by atoms with E-state index in [9.17, 15) is 0 Å². The van der Waals surface area contributed by atoms with Crippen molar-refractivity contribution in [3.05, 3.63) is 18.0 Å². The average molecular weight is 228 g/mol. The van der Waals surface area contributed by atoms with E-state index < -0.39 is 0 Å². The molecule has 4 heteroatoms. The van der Waals surface area contributed by atoms with Crippen molar-refractivity contribution in [3.63, 3.8) is 0 Å². The summed E-state index contributed by atoms with van der Waals surface area (Å²) in [5, 5.41) is 4.41. The highest BCUT2D eigenvalue weighted by Gasteiger charge is 2.21. The van der Waals surface area contributed by atoms with Crippen molar-refractivity contribution in [3.8, 4) is 0 Å². The highest BCUT2D eigenvalue weighted by atomic mass is 35.5. The molecule has 0 saturated carbocycles. The van der Waals surface area contributed by atoms with Crippen LogP contribution in [0.5, 0.6) is 0 Å². The Hall–Kier alpha value is -0.540. The molecular weight excluding hydrogens is 210 g/mol. The van der Waals surface area contributed by atoms with Crippen LogP contribution in [-0.4, -0.2) is 33.1 Å². The lowest BCUT2D eigenvalue weighted by molar-refractivity contribution is 0.153. The standard InChI is InChI=1S/C11H18ClN3/c1-14-7-5-10(13-14)9-15-6-3-2-4-11(15)8-12/h5,7,11H,2-4,6,8-9H2,1H3. The fourth-order valence-corrected chi connectivity index (χ4v) is 2.55. The maximum absolute atomic E-state index is 5.98. The van der Waals surface area contributed by atoms with Gasteiger partial charge in [0, 0.05) is 31.7 Å². The van der Waals surface area contributed by atoms with Gasteiger partial charge in [-0.1, -0.05) is 6.42 Å². The minimum atomic E-state index is 0.544. The van der Waals surface area contributed by atoms with Gasteiger partial charge >= 0.3 is 0 Å². The summed E-state index contributed by atoms with van der Waals surface area (Å²) < 4.78 is 1.86. The largest absolute Gasteiger partial charge is 0.293 e. The van der Waals surface area contributed by atoms with E-state index in [1.807, 2.05) is 17.9 Å². The van der Waals surface area contributed by atoms with E-state index in [4.69, 9.17) is 11.6 Å². The molecule has 84 valence electrons. The van der Waals surface area contributed by atoms with Crippen LogP contribution in [0.2, 0.25) is 0 Å². The number of likely N-dealkylation sites (tertiary alicyclic amines) is 1. The molecule has 2 heterocycles. The number of halogens is 1. The Morgan fingerprint density at radius 1 is 1.53 bits per heavy atom. The predicted octanol–water partition coefficient (Wildman–Crippen LogP) is 2.01. The monoisotopic (exact) mass is 227 g/mol. The maximum Gasteiger partial charge on any atom is 0.0764 e. The van der Waals surface area contributed by atoms with Crippen molar-refractivity contribution >= 4 is 11.6 Å². The van der Waals surface area contributed by atoms with Crippen molar-refractivity contribution < 1.29 is 0 Å². The van der Waals surface area contributed by atoms with Crippen molar-refractivity contribution in [1.82, 2.24) is 14.7 Å². The van der Waals surface area contributed by atoms with Gasteiger partial charge in [-0.25, -0.2) is 0 Å². The van der Waals surface area contributed by atoms with Crippen molar-refractivity contribution in [2.75, 3.05) is 12.4 Å². The van der Waals surface area contributed by atoms with Gasteiger partial charge in [0.1, 0.15) is 0 Å². The first kappa shape index (κ1) is 11.0.